The van der Waals surface area contributed by atoms with Crippen molar-refractivity contribution in [2.24, 2.45) is 17.8 Å². The van der Waals surface area contributed by atoms with Gasteiger partial charge in [0.25, 0.3) is 0 Å². The first kappa shape index (κ1) is 9.87. The fraction of sp³-hybridized carbons (Fsp3) is 1.00. The van der Waals surface area contributed by atoms with E-state index in [-0.39, 0.29) is 5.92 Å². The van der Waals surface area contributed by atoms with Gasteiger partial charge in [0.15, 0.2) is 0 Å². The average molecular weight is 180 g/mol. The third kappa shape index (κ3) is 2.14. The molecule has 0 N–H and O–H groups in total. The molecule has 72 valence electrons. The van der Waals surface area contributed by atoms with E-state index in [1.807, 2.05) is 13.8 Å². The molecule has 0 spiro atoms. The van der Waals surface area contributed by atoms with Gasteiger partial charge in [0.1, 0.15) is 0 Å². The fourth-order valence-electron chi connectivity index (χ4n) is 1.84. The van der Waals surface area contributed by atoms with Gasteiger partial charge in [0.05, 0.1) is 5.92 Å². The lowest BCUT2D eigenvalue weighted by atomic mass is 9.75. The number of hydrogen-bond donors (Lipinski definition) is 0. The Labute approximate surface area is 71.1 Å². The second-order valence-electron chi connectivity index (χ2n) is 4.01. The van der Waals surface area contributed by atoms with Crippen molar-refractivity contribution in [2.45, 2.75) is 39.3 Å². The molecule has 0 saturated heterocycles. The van der Waals surface area contributed by atoms with E-state index in [1.165, 1.54) is 0 Å². The predicted molar refractivity (Wildman–Crippen MR) is 41.7 cm³/mol. The topological polar surface area (TPSA) is 0 Å². The van der Waals surface area contributed by atoms with Crippen molar-refractivity contribution in [1.82, 2.24) is 0 Å². The first-order valence-electron chi connectivity index (χ1n) is 4.48. The lowest BCUT2D eigenvalue weighted by Gasteiger charge is -2.32. The molecular formula is C9H15F3. The van der Waals surface area contributed by atoms with Gasteiger partial charge in [0, 0.05) is 0 Å². The van der Waals surface area contributed by atoms with Crippen LogP contribution in [0.5, 0.6) is 0 Å². The van der Waals surface area contributed by atoms with Gasteiger partial charge in [-0.2, -0.15) is 13.2 Å². The van der Waals surface area contributed by atoms with Crippen LogP contribution in [0.15, 0.2) is 0 Å². The van der Waals surface area contributed by atoms with Gasteiger partial charge < -0.3 is 0 Å². The zero-order valence-corrected chi connectivity index (χ0v) is 7.49. The van der Waals surface area contributed by atoms with E-state index in [2.05, 4.69) is 0 Å². The summed E-state index contributed by atoms with van der Waals surface area (Å²) in [7, 11) is 0. The highest BCUT2D eigenvalue weighted by molar-refractivity contribution is 4.79. The molecule has 1 aliphatic carbocycles. The third-order valence-electron chi connectivity index (χ3n) is 3.06. The van der Waals surface area contributed by atoms with Crippen molar-refractivity contribution in [1.29, 1.82) is 0 Å². The van der Waals surface area contributed by atoms with Gasteiger partial charge in [-0.25, -0.2) is 0 Å². The van der Waals surface area contributed by atoms with Crippen LogP contribution >= 0.6 is 0 Å². The van der Waals surface area contributed by atoms with Crippen LogP contribution in [0.2, 0.25) is 0 Å². The molecule has 0 amide bonds. The molecule has 1 unspecified atom stereocenters. The summed E-state index contributed by atoms with van der Waals surface area (Å²) in [4.78, 5) is 0. The lowest BCUT2D eigenvalue weighted by molar-refractivity contribution is -0.187. The number of alkyl halides is 3. The highest BCUT2D eigenvalue weighted by Gasteiger charge is 2.42. The molecule has 0 nitrogen and oxygen atoms in total. The normalized spacial score (nSPS) is 38.2. The van der Waals surface area contributed by atoms with Crippen LogP contribution in [-0.4, -0.2) is 6.18 Å². The molecule has 3 atom stereocenters. The van der Waals surface area contributed by atoms with Crippen LogP contribution in [-0.2, 0) is 0 Å². The van der Waals surface area contributed by atoms with E-state index in [9.17, 15) is 13.2 Å². The largest absolute Gasteiger partial charge is 0.391 e. The van der Waals surface area contributed by atoms with Crippen molar-refractivity contribution in [3.05, 3.63) is 0 Å². The smallest absolute Gasteiger partial charge is 0.171 e. The number of rotatable bonds is 0. The minimum atomic E-state index is -3.96. The van der Waals surface area contributed by atoms with Gasteiger partial charge in [-0.15, -0.1) is 0 Å². The van der Waals surface area contributed by atoms with E-state index >= 15 is 0 Å². The summed E-state index contributed by atoms with van der Waals surface area (Å²) in [6.07, 6.45) is -2.58. The molecule has 1 rings (SSSR count). The molecule has 12 heavy (non-hydrogen) atoms. The zero-order valence-electron chi connectivity index (χ0n) is 7.49. The van der Waals surface area contributed by atoms with Crippen LogP contribution in [0.3, 0.4) is 0 Å². The summed E-state index contributed by atoms with van der Waals surface area (Å²) in [5.74, 6) is -0.349. The Bertz CT molecular complexity index is 150. The maximum atomic E-state index is 12.2. The molecule has 0 aromatic rings. The van der Waals surface area contributed by atoms with Crippen molar-refractivity contribution < 1.29 is 13.2 Å². The van der Waals surface area contributed by atoms with E-state index in [0.717, 1.165) is 6.42 Å². The summed E-state index contributed by atoms with van der Waals surface area (Å²) < 4.78 is 36.7. The van der Waals surface area contributed by atoms with Crippen LogP contribution in [0, 0.1) is 17.8 Å². The Balaban J connectivity index is 2.51. The standard InChI is InChI=1S/C9H15F3/c1-6-3-4-8(5-7(6)2)9(10,11)12/h6-8H,3-5H2,1-2H3/t6-,7+,8?/m1/s1. The molecular weight excluding hydrogens is 165 g/mol. The fourth-order valence-corrected chi connectivity index (χ4v) is 1.84. The maximum Gasteiger partial charge on any atom is 0.391 e. The first-order chi connectivity index (χ1) is 5.41. The van der Waals surface area contributed by atoms with Crippen LogP contribution in [0.4, 0.5) is 13.2 Å². The van der Waals surface area contributed by atoms with Gasteiger partial charge in [-0.3, -0.25) is 0 Å². The summed E-state index contributed by atoms with van der Waals surface area (Å²) in [5.41, 5.74) is 0. The number of hydrogen-bond acceptors (Lipinski definition) is 0. The summed E-state index contributed by atoms with van der Waals surface area (Å²) in [5, 5.41) is 0. The summed E-state index contributed by atoms with van der Waals surface area (Å²) in [6.45, 7) is 3.96. The molecule has 1 aliphatic rings. The summed E-state index contributed by atoms with van der Waals surface area (Å²) in [6, 6.07) is 0. The molecule has 1 fully saturated rings. The molecule has 3 heteroatoms. The van der Waals surface area contributed by atoms with Crippen LogP contribution in [0.25, 0.3) is 0 Å². The number of halogens is 3. The predicted octanol–water partition coefficient (Wildman–Crippen LogP) is 3.62. The molecule has 0 bridgehead atoms. The lowest BCUT2D eigenvalue weighted by Crippen LogP contribution is -2.31. The van der Waals surface area contributed by atoms with Crippen LogP contribution in [0.1, 0.15) is 33.1 Å². The Kier molecular flexibility index (Phi) is 2.69. The van der Waals surface area contributed by atoms with E-state index in [0.29, 0.717) is 18.8 Å². The highest BCUT2D eigenvalue weighted by Crippen LogP contribution is 2.41. The Morgan fingerprint density at radius 3 is 2.00 bits per heavy atom. The third-order valence-corrected chi connectivity index (χ3v) is 3.06. The molecule has 0 radical (unpaired) electrons. The monoisotopic (exact) mass is 180 g/mol. The Morgan fingerprint density at radius 1 is 1.00 bits per heavy atom. The molecule has 0 aromatic heterocycles. The minimum absolute atomic E-state index is 0.227. The SMILES string of the molecule is C[C@@H]1CCC(C(F)(F)F)C[C@@H]1C. The van der Waals surface area contributed by atoms with Gasteiger partial charge in [-0.1, -0.05) is 13.8 Å². The first-order valence-corrected chi connectivity index (χ1v) is 4.48. The summed E-state index contributed by atoms with van der Waals surface area (Å²) >= 11 is 0. The molecule has 0 aromatic carbocycles. The van der Waals surface area contributed by atoms with Crippen LogP contribution < -0.4 is 0 Å². The van der Waals surface area contributed by atoms with Gasteiger partial charge in [-0.05, 0) is 31.1 Å². The molecule has 1 saturated carbocycles. The van der Waals surface area contributed by atoms with Crippen molar-refractivity contribution >= 4 is 0 Å². The van der Waals surface area contributed by atoms with Gasteiger partial charge >= 0.3 is 6.18 Å². The van der Waals surface area contributed by atoms with E-state index < -0.39 is 12.1 Å². The maximum absolute atomic E-state index is 12.2. The van der Waals surface area contributed by atoms with E-state index in [1.54, 1.807) is 0 Å². The zero-order chi connectivity index (χ0) is 9.35. The average Bonchev–Trinajstić information content (AvgIpc) is 1.92. The second kappa shape index (κ2) is 3.27. The Hall–Kier alpha value is -0.210. The molecule has 0 aliphatic heterocycles. The van der Waals surface area contributed by atoms with Gasteiger partial charge in [0.2, 0.25) is 0 Å². The quantitative estimate of drug-likeness (QED) is 0.534. The van der Waals surface area contributed by atoms with E-state index in [4.69, 9.17) is 0 Å². The minimum Gasteiger partial charge on any atom is -0.171 e. The Morgan fingerprint density at radius 2 is 1.58 bits per heavy atom. The second-order valence-corrected chi connectivity index (χ2v) is 4.01. The van der Waals surface area contributed by atoms with Crippen molar-refractivity contribution in [3.8, 4) is 0 Å². The molecule has 0 heterocycles. The van der Waals surface area contributed by atoms with Crippen molar-refractivity contribution in [2.75, 3.05) is 0 Å². The van der Waals surface area contributed by atoms with Crippen molar-refractivity contribution in [3.63, 3.8) is 0 Å². The highest BCUT2D eigenvalue weighted by atomic mass is 19.4.